The van der Waals surface area contributed by atoms with E-state index in [2.05, 4.69) is 27.7 Å². The largest absolute Gasteiger partial charge is 0.378 e. The molecule has 2 fully saturated rings. The molecule has 0 bridgehead atoms. The van der Waals surface area contributed by atoms with Gasteiger partial charge in [0.25, 0.3) is 0 Å². The molecular formula is C16H23N3O2. The zero-order valence-corrected chi connectivity index (χ0v) is 12.3. The molecule has 1 aromatic rings. The van der Waals surface area contributed by atoms with Crippen LogP contribution in [0, 0.1) is 5.92 Å². The van der Waals surface area contributed by atoms with Gasteiger partial charge in [-0.2, -0.15) is 0 Å². The Labute approximate surface area is 125 Å². The minimum atomic E-state index is 0.0951. The summed E-state index contributed by atoms with van der Waals surface area (Å²) in [5, 5.41) is 6.29. The Bertz CT molecular complexity index is 463. The van der Waals surface area contributed by atoms with E-state index in [9.17, 15) is 4.79 Å². The number of benzene rings is 1. The molecule has 114 valence electrons. The predicted molar refractivity (Wildman–Crippen MR) is 83.7 cm³/mol. The molecule has 5 heteroatoms. The van der Waals surface area contributed by atoms with Crippen LogP contribution in [0.2, 0.25) is 0 Å². The van der Waals surface area contributed by atoms with Crippen LogP contribution in [0.1, 0.15) is 12.8 Å². The molecule has 2 aliphatic heterocycles. The van der Waals surface area contributed by atoms with Crippen LogP contribution in [0.15, 0.2) is 24.3 Å². The van der Waals surface area contributed by atoms with Crippen LogP contribution < -0.4 is 15.5 Å². The Hall–Kier alpha value is -1.59. The molecular weight excluding hydrogens is 266 g/mol. The van der Waals surface area contributed by atoms with Gasteiger partial charge in [0, 0.05) is 31.0 Å². The Balaban J connectivity index is 1.57. The van der Waals surface area contributed by atoms with Gasteiger partial charge in [-0.05, 0) is 43.7 Å². The molecule has 0 unspecified atom stereocenters. The van der Waals surface area contributed by atoms with Crippen LogP contribution in [-0.2, 0) is 9.53 Å². The zero-order chi connectivity index (χ0) is 14.5. The number of anilines is 2. The lowest BCUT2D eigenvalue weighted by Gasteiger charge is -2.29. The van der Waals surface area contributed by atoms with Crippen LogP contribution in [0.3, 0.4) is 0 Å². The van der Waals surface area contributed by atoms with E-state index < -0.39 is 0 Å². The number of rotatable bonds is 3. The van der Waals surface area contributed by atoms with E-state index in [0.717, 1.165) is 57.9 Å². The van der Waals surface area contributed by atoms with Gasteiger partial charge in [-0.3, -0.25) is 4.79 Å². The van der Waals surface area contributed by atoms with E-state index in [-0.39, 0.29) is 11.8 Å². The first-order valence-corrected chi connectivity index (χ1v) is 7.77. The maximum absolute atomic E-state index is 12.2. The summed E-state index contributed by atoms with van der Waals surface area (Å²) >= 11 is 0. The van der Waals surface area contributed by atoms with Crippen LogP contribution >= 0.6 is 0 Å². The van der Waals surface area contributed by atoms with Crippen LogP contribution in [0.25, 0.3) is 0 Å². The summed E-state index contributed by atoms with van der Waals surface area (Å²) in [6.45, 7) is 5.24. The average molecular weight is 289 g/mol. The molecule has 0 spiro atoms. The third kappa shape index (κ3) is 3.74. The fourth-order valence-corrected chi connectivity index (χ4v) is 2.90. The number of carbonyl (C=O) groups excluding carboxylic acids is 1. The summed E-state index contributed by atoms with van der Waals surface area (Å²) in [6.07, 6.45) is 2.05. The molecule has 0 saturated carbocycles. The molecule has 3 rings (SSSR count). The zero-order valence-electron chi connectivity index (χ0n) is 12.3. The molecule has 2 aliphatic rings. The van der Waals surface area contributed by atoms with Gasteiger partial charge in [-0.1, -0.05) is 0 Å². The quantitative estimate of drug-likeness (QED) is 0.884. The van der Waals surface area contributed by atoms with Gasteiger partial charge >= 0.3 is 0 Å². The maximum atomic E-state index is 12.2. The predicted octanol–water partition coefficient (Wildman–Crippen LogP) is 1.46. The normalized spacial score (nSPS) is 22.9. The standard InChI is InChI=1S/C16H23N3O2/c20-16(13-2-1-7-17-12-13)18-14-3-5-15(6-4-14)19-8-10-21-11-9-19/h3-6,13,17H,1-2,7-12H2,(H,18,20)/t13-/m1/s1. The second kappa shape index (κ2) is 6.91. The third-order valence-electron chi connectivity index (χ3n) is 4.18. The van der Waals surface area contributed by atoms with Crippen molar-refractivity contribution in [3.8, 4) is 0 Å². The molecule has 1 amide bonds. The number of hydrogen-bond acceptors (Lipinski definition) is 4. The average Bonchev–Trinajstić information content (AvgIpc) is 2.57. The minimum Gasteiger partial charge on any atom is -0.378 e. The van der Waals surface area contributed by atoms with Crippen molar-refractivity contribution in [2.45, 2.75) is 12.8 Å². The Morgan fingerprint density at radius 1 is 1.24 bits per heavy atom. The number of amides is 1. The molecule has 5 nitrogen and oxygen atoms in total. The smallest absolute Gasteiger partial charge is 0.228 e. The number of piperidine rings is 1. The summed E-state index contributed by atoms with van der Waals surface area (Å²) in [7, 11) is 0. The second-order valence-electron chi connectivity index (χ2n) is 5.68. The topological polar surface area (TPSA) is 53.6 Å². The Morgan fingerprint density at radius 2 is 2.00 bits per heavy atom. The summed E-state index contributed by atoms with van der Waals surface area (Å²) in [6, 6.07) is 8.11. The lowest BCUT2D eigenvalue weighted by atomic mass is 9.99. The number of carbonyl (C=O) groups is 1. The van der Waals surface area contributed by atoms with E-state index in [4.69, 9.17) is 4.74 Å². The van der Waals surface area contributed by atoms with E-state index >= 15 is 0 Å². The van der Waals surface area contributed by atoms with Gasteiger partial charge in [0.05, 0.1) is 19.1 Å². The van der Waals surface area contributed by atoms with Crippen molar-refractivity contribution in [1.82, 2.24) is 5.32 Å². The second-order valence-corrected chi connectivity index (χ2v) is 5.68. The van der Waals surface area contributed by atoms with E-state index in [0.29, 0.717) is 0 Å². The first kappa shape index (κ1) is 14.4. The van der Waals surface area contributed by atoms with E-state index in [1.807, 2.05) is 12.1 Å². The molecule has 2 saturated heterocycles. The molecule has 0 aliphatic carbocycles. The van der Waals surface area contributed by atoms with Gasteiger partial charge in [0.2, 0.25) is 5.91 Å². The molecule has 1 atom stereocenters. The van der Waals surface area contributed by atoms with Crippen molar-refractivity contribution in [2.24, 2.45) is 5.92 Å². The highest BCUT2D eigenvalue weighted by Gasteiger charge is 2.20. The van der Waals surface area contributed by atoms with Crippen molar-refractivity contribution in [2.75, 3.05) is 49.6 Å². The van der Waals surface area contributed by atoms with Gasteiger partial charge in [0.1, 0.15) is 0 Å². The van der Waals surface area contributed by atoms with Crippen molar-refractivity contribution in [3.05, 3.63) is 24.3 Å². The highest BCUT2D eigenvalue weighted by molar-refractivity contribution is 5.92. The first-order valence-electron chi connectivity index (χ1n) is 7.77. The summed E-state index contributed by atoms with van der Waals surface area (Å²) < 4.78 is 5.36. The van der Waals surface area contributed by atoms with E-state index in [1.165, 1.54) is 5.69 Å². The summed E-state index contributed by atoms with van der Waals surface area (Å²) in [5.74, 6) is 0.221. The van der Waals surface area contributed by atoms with Gasteiger partial charge in [-0.25, -0.2) is 0 Å². The number of ether oxygens (including phenoxy) is 1. The molecule has 0 radical (unpaired) electrons. The maximum Gasteiger partial charge on any atom is 0.228 e. The lowest BCUT2D eigenvalue weighted by molar-refractivity contribution is -0.120. The van der Waals surface area contributed by atoms with Crippen LogP contribution in [0.4, 0.5) is 11.4 Å². The highest BCUT2D eigenvalue weighted by atomic mass is 16.5. The minimum absolute atomic E-state index is 0.0951. The third-order valence-corrected chi connectivity index (χ3v) is 4.18. The summed E-state index contributed by atoms with van der Waals surface area (Å²) in [4.78, 5) is 14.5. The Morgan fingerprint density at radius 3 is 2.67 bits per heavy atom. The number of morpholine rings is 1. The van der Waals surface area contributed by atoms with Crippen molar-refractivity contribution in [3.63, 3.8) is 0 Å². The molecule has 2 heterocycles. The Kier molecular flexibility index (Phi) is 4.72. The van der Waals surface area contributed by atoms with Crippen molar-refractivity contribution in [1.29, 1.82) is 0 Å². The van der Waals surface area contributed by atoms with Crippen LogP contribution in [0.5, 0.6) is 0 Å². The first-order chi connectivity index (χ1) is 10.3. The van der Waals surface area contributed by atoms with Crippen LogP contribution in [-0.4, -0.2) is 45.3 Å². The lowest BCUT2D eigenvalue weighted by Crippen LogP contribution is -2.37. The van der Waals surface area contributed by atoms with Crippen molar-refractivity contribution >= 4 is 17.3 Å². The molecule has 21 heavy (non-hydrogen) atoms. The van der Waals surface area contributed by atoms with Gasteiger partial charge in [-0.15, -0.1) is 0 Å². The SMILES string of the molecule is O=C(Nc1ccc(N2CCOCC2)cc1)[C@@H]1CCCNC1. The van der Waals surface area contributed by atoms with Gasteiger partial charge in [0.15, 0.2) is 0 Å². The molecule has 0 aromatic heterocycles. The monoisotopic (exact) mass is 289 g/mol. The highest BCUT2D eigenvalue weighted by Crippen LogP contribution is 2.20. The number of hydrogen-bond donors (Lipinski definition) is 2. The fraction of sp³-hybridized carbons (Fsp3) is 0.562. The van der Waals surface area contributed by atoms with E-state index in [1.54, 1.807) is 0 Å². The fourth-order valence-electron chi connectivity index (χ4n) is 2.90. The molecule has 1 aromatic carbocycles. The molecule has 2 N–H and O–H groups in total. The number of nitrogens with zero attached hydrogens (tertiary/aromatic N) is 1. The van der Waals surface area contributed by atoms with Crippen molar-refractivity contribution < 1.29 is 9.53 Å². The number of nitrogens with one attached hydrogen (secondary N) is 2. The van der Waals surface area contributed by atoms with Gasteiger partial charge < -0.3 is 20.3 Å². The summed E-state index contributed by atoms with van der Waals surface area (Å²) in [5.41, 5.74) is 2.07.